The predicted molar refractivity (Wildman–Crippen MR) is 83.3 cm³/mol. The van der Waals surface area contributed by atoms with E-state index >= 15 is 0 Å². The quantitative estimate of drug-likeness (QED) is 0.775. The first-order valence-corrected chi connectivity index (χ1v) is 6.67. The van der Waals surface area contributed by atoms with Crippen LogP contribution in [0, 0.1) is 0 Å². The van der Waals surface area contributed by atoms with Crippen LogP contribution in [0.25, 0.3) is 5.57 Å². The summed E-state index contributed by atoms with van der Waals surface area (Å²) >= 11 is 0. The highest BCUT2D eigenvalue weighted by Gasteiger charge is 2.11. The van der Waals surface area contributed by atoms with Crippen LogP contribution in [0.1, 0.15) is 28.4 Å². The van der Waals surface area contributed by atoms with Gasteiger partial charge in [-0.15, -0.1) is 0 Å². The first-order valence-electron chi connectivity index (χ1n) is 6.67. The van der Waals surface area contributed by atoms with E-state index in [1.165, 1.54) is 7.11 Å². The van der Waals surface area contributed by atoms with Gasteiger partial charge in [-0.2, -0.15) is 0 Å². The number of allylic oxidation sites excluding steroid dienone is 1. The molecule has 21 heavy (non-hydrogen) atoms. The molecule has 3 nitrogen and oxygen atoms in total. The summed E-state index contributed by atoms with van der Waals surface area (Å²) in [4.78, 5) is 11.6. The lowest BCUT2D eigenvalue weighted by Gasteiger charge is -2.13. The number of benzene rings is 2. The topological polar surface area (TPSA) is 35.5 Å². The molecule has 0 fully saturated rings. The van der Waals surface area contributed by atoms with Crippen LogP contribution in [0.4, 0.5) is 0 Å². The highest BCUT2D eigenvalue weighted by atomic mass is 16.5. The number of hydrogen-bond acceptors (Lipinski definition) is 3. The third-order valence-electron chi connectivity index (χ3n) is 3.10. The van der Waals surface area contributed by atoms with E-state index in [9.17, 15) is 4.79 Å². The lowest BCUT2D eigenvalue weighted by molar-refractivity contribution is 0.0600. The summed E-state index contributed by atoms with van der Waals surface area (Å²) in [6, 6.07) is 15.1. The van der Waals surface area contributed by atoms with E-state index in [0.29, 0.717) is 17.9 Å². The van der Waals surface area contributed by atoms with Gasteiger partial charge in [-0.1, -0.05) is 36.9 Å². The Labute approximate surface area is 124 Å². The number of methoxy groups -OCH3 is 1. The van der Waals surface area contributed by atoms with E-state index in [2.05, 4.69) is 6.58 Å². The largest absolute Gasteiger partial charge is 0.488 e. The molecule has 2 aromatic rings. The lowest BCUT2D eigenvalue weighted by atomic mass is 10.0. The smallest absolute Gasteiger partial charge is 0.337 e. The molecule has 0 unspecified atom stereocenters. The van der Waals surface area contributed by atoms with Crippen LogP contribution in [0.2, 0.25) is 0 Å². The van der Waals surface area contributed by atoms with Gasteiger partial charge in [0.2, 0.25) is 0 Å². The summed E-state index contributed by atoms with van der Waals surface area (Å²) < 4.78 is 10.6. The molecule has 0 heterocycles. The SMILES string of the molecule is C=C(C)c1cc(C(=O)OC)ccc1OCc1ccccc1. The minimum atomic E-state index is -0.368. The Bertz CT molecular complexity index is 645. The fraction of sp³-hybridized carbons (Fsp3) is 0.167. The normalized spacial score (nSPS) is 10.0. The average molecular weight is 282 g/mol. The number of hydrogen-bond donors (Lipinski definition) is 0. The van der Waals surface area contributed by atoms with Crippen LogP contribution in [0.3, 0.4) is 0 Å². The number of esters is 1. The Kier molecular flexibility index (Phi) is 4.77. The van der Waals surface area contributed by atoms with Gasteiger partial charge < -0.3 is 9.47 Å². The Balaban J connectivity index is 2.22. The lowest BCUT2D eigenvalue weighted by Crippen LogP contribution is -2.03. The van der Waals surface area contributed by atoms with Crippen molar-refractivity contribution in [2.24, 2.45) is 0 Å². The van der Waals surface area contributed by atoms with Crippen molar-refractivity contribution in [3.05, 3.63) is 71.8 Å². The van der Waals surface area contributed by atoms with Crippen molar-refractivity contribution >= 4 is 11.5 Å². The molecule has 0 N–H and O–H groups in total. The van der Waals surface area contributed by atoms with Crippen LogP contribution >= 0.6 is 0 Å². The van der Waals surface area contributed by atoms with E-state index in [1.807, 2.05) is 37.3 Å². The zero-order valence-electron chi connectivity index (χ0n) is 12.3. The van der Waals surface area contributed by atoms with Gasteiger partial charge in [0.25, 0.3) is 0 Å². The first kappa shape index (κ1) is 14.9. The first-order chi connectivity index (χ1) is 10.1. The molecule has 0 bridgehead atoms. The Hall–Kier alpha value is -2.55. The van der Waals surface area contributed by atoms with Gasteiger partial charge in [0.05, 0.1) is 12.7 Å². The third kappa shape index (κ3) is 3.72. The summed E-state index contributed by atoms with van der Waals surface area (Å²) in [5.74, 6) is 0.339. The molecular formula is C18H18O3. The predicted octanol–water partition coefficient (Wildman–Crippen LogP) is 4.09. The van der Waals surface area contributed by atoms with Crippen molar-refractivity contribution in [1.82, 2.24) is 0 Å². The molecule has 0 spiro atoms. The summed E-state index contributed by atoms with van der Waals surface area (Å²) in [5, 5.41) is 0. The number of carbonyl (C=O) groups is 1. The van der Waals surface area contributed by atoms with E-state index in [1.54, 1.807) is 18.2 Å². The van der Waals surface area contributed by atoms with Crippen LogP contribution < -0.4 is 4.74 Å². The van der Waals surface area contributed by atoms with Crippen molar-refractivity contribution < 1.29 is 14.3 Å². The molecule has 108 valence electrons. The number of carbonyl (C=O) groups excluding carboxylic acids is 1. The van der Waals surface area contributed by atoms with Crippen LogP contribution in [-0.2, 0) is 11.3 Å². The van der Waals surface area contributed by atoms with Crippen molar-refractivity contribution in [3.63, 3.8) is 0 Å². The maximum Gasteiger partial charge on any atom is 0.337 e. The van der Waals surface area contributed by atoms with Gasteiger partial charge in [0.1, 0.15) is 12.4 Å². The second-order valence-electron chi connectivity index (χ2n) is 4.76. The van der Waals surface area contributed by atoms with Gasteiger partial charge in [-0.05, 0) is 36.3 Å². The second kappa shape index (κ2) is 6.75. The molecule has 2 aromatic carbocycles. The van der Waals surface area contributed by atoms with Gasteiger partial charge in [-0.3, -0.25) is 0 Å². The number of rotatable bonds is 5. The second-order valence-corrected chi connectivity index (χ2v) is 4.76. The molecule has 0 aliphatic heterocycles. The molecule has 0 aliphatic rings. The fourth-order valence-corrected chi connectivity index (χ4v) is 1.97. The van der Waals surface area contributed by atoms with E-state index < -0.39 is 0 Å². The molecular weight excluding hydrogens is 264 g/mol. The maximum atomic E-state index is 11.6. The minimum Gasteiger partial charge on any atom is -0.488 e. The number of ether oxygens (including phenoxy) is 2. The zero-order chi connectivity index (χ0) is 15.2. The van der Waals surface area contributed by atoms with E-state index in [-0.39, 0.29) is 5.97 Å². The highest BCUT2D eigenvalue weighted by Crippen LogP contribution is 2.27. The van der Waals surface area contributed by atoms with Gasteiger partial charge in [0.15, 0.2) is 0 Å². The highest BCUT2D eigenvalue weighted by molar-refractivity contribution is 5.91. The van der Waals surface area contributed by atoms with Gasteiger partial charge in [-0.25, -0.2) is 4.79 Å². The summed E-state index contributed by atoms with van der Waals surface area (Å²) in [6.45, 7) is 6.29. The van der Waals surface area contributed by atoms with E-state index in [0.717, 1.165) is 16.7 Å². The molecule has 0 atom stereocenters. The summed E-state index contributed by atoms with van der Waals surface area (Å²) in [5.41, 5.74) is 3.22. The molecule has 0 saturated carbocycles. The van der Waals surface area contributed by atoms with Gasteiger partial charge in [0, 0.05) is 5.56 Å². The summed E-state index contributed by atoms with van der Waals surface area (Å²) in [7, 11) is 1.36. The van der Waals surface area contributed by atoms with Crippen molar-refractivity contribution in [3.8, 4) is 5.75 Å². The average Bonchev–Trinajstić information content (AvgIpc) is 2.52. The van der Waals surface area contributed by atoms with Crippen LogP contribution in [0.5, 0.6) is 5.75 Å². The van der Waals surface area contributed by atoms with Crippen molar-refractivity contribution in [1.29, 1.82) is 0 Å². The third-order valence-corrected chi connectivity index (χ3v) is 3.10. The molecule has 0 radical (unpaired) electrons. The zero-order valence-corrected chi connectivity index (χ0v) is 12.3. The van der Waals surface area contributed by atoms with E-state index in [4.69, 9.17) is 9.47 Å². The standard InChI is InChI=1S/C18H18O3/c1-13(2)16-11-15(18(19)20-3)9-10-17(16)21-12-14-7-5-4-6-8-14/h4-11H,1,12H2,2-3H3. The molecule has 0 amide bonds. The molecule has 3 heteroatoms. The monoisotopic (exact) mass is 282 g/mol. The molecule has 0 aromatic heterocycles. The van der Waals surface area contributed by atoms with Gasteiger partial charge >= 0.3 is 5.97 Å². The Morgan fingerprint density at radius 3 is 2.48 bits per heavy atom. The van der Waals surface area contributed by atoms with Crippen LogP contribution in [0.15, 0.2) is 55.1 Å². The maximum absolute atomic E-state index is 11.6. The fourth-order valence-electron chi connectivity index (χ4n) is 1.97. The molecule has 2 rings (SSSR count). The Morgan fingerprint density at radius 2 is 1.86 bits per heavy atom. The molecule has 0 aliphatic carbocycles. The van der Waals surface area contributed by atoms with Crippen LogP contribution in [-0.4, -0.2) is 13.1 Å². The minimum absolute atomic E-state index is 0.368. The van der Waals surface area contributed by atoms with Crippen molar-refractivity contribution in [2.75, 3.05) is 7.11 Å². The van der Waals surface area contributed by atoms with Crippen molar-refractivity contribution in [2.45, 2.75) is 13.5 Å². The Morgan fingerprint density at radius 1 is 1.14 bits per heavy atom. The summed E-state index contributed by atoms with van der Waals surface area (Å²) in [6.07, 6.45) is 0. The molecule has 0 saturated heterocycles.